The van der Waals surface area contributed by atoms with Crippen LogP contribution in [0.15, 0.2) is 30.3 Å². The van der Waals surface area contributed by atoms with Gasteiger partial charge in [0.15, 0.2) is 0 Å². The summed E-state index contributed by atoms with van der Waals surface area (Å²) in [6, 6.07) is 6.12. The lowest BCUT2D eigenvalue weighted by atomic mass is 9.92. The van der Waals surface area contributed by atoms with E-state index in [9.17, 15) is 13.9 Å². The number of hydrogen-bond donors (Lipinski definition) is 1. The lowest BCUT2D eigenvalue weighted by molar-refractivity contribution is -0.143. The van der Waals surface area contributed by atoms with Gasteiger partial charge in [0.1, 0.15) is 5.60 Å². The van der Waals surface area contributed by atoms with Gasteiger partial charge < -0.3 is 5.11 Å². The molecule has 0 saturated heterocycles. The first kappa shape index (κ1) is 13.1. The van der Waals surface area contributed by atoms with Crippen LogP contribution in [0.2, 0.25) is 5.02 Å². The fraction of sp³-hybridized carbons (Fsp3) is 0.333. The average Bonchev–Trinajstić information content (AvgIpc) is 2.16. The van der Waals surface area contributed by atoms with Crippen molar-refractivity contribution in [3.8, 4) is 0 Å². The van der Waals surface area contributed by atoms with E-state index in [4.69, 9.17) is 18.2 Å². The molecule has 0 aliphatic heterocycles. The maximum atomic E-state index is 13.6. The quantitative estimate of drug-likeness (QED) is 0.863. The molecule has 87 valence electrons. The molecule has 4 heteroatoms. The molecule has 1 aromatic rings. The third-order valence-corrected chi connectivity index (χ3v) is 2.62. The van der Waals surface area contributed by atoms with Crippen LogP contribution in [0, 0.1) is 6.58 Å². The molecule has 0 heterocycles. The summed E-state index contributed by atoms with van der Waals surface area (Å²) in [6.07, 6.45) is -0.0220. The van der Waals surface area contributed by atoms with Crippen molar-refractivity contribution < 1.29 is 13.9 Å². The topological polar surface area (TPSA) is 20.2 Å². The zero-order valence-corrected chi connectivity index (χ0v) is 9.51. The Bertz CT molecular complexity index is 388. The molecule has 0 aliphatic rings. The first-order valence-electron chi connectivity index (χ1n) is 4.69. The lowest BCUT2D eigenvalue weighted by Gasteiger charge is -2.29. The van der Waals surface area contributed by atoms with Gasteiger partial charge in [0.2, 0.25) is 0 Å². The molecule has 1 atom stereocenters. The van der Waals surface area contributed by atoms with Crippen LogP contribution in [-0.2, 0) is 6.42 Å². The summed E-state index contributed by atoms with van der Waals surface area (Å²) >= 11 is 5.68. The van der Waals surface area contributed by atoms with Crippen LogP contribution >= 0.6 is 11.6 Å². The van der Waals surface area contributed by atoms with E-state index in [2.05, 4.69) is 0 Å². The number of benzene rings is 1. The molecule has 1 rings (SSSR count). The van der Waals surface area contributed by atoms with Gasteiger partial charge in [-0.3, -0.25) is 0 Å². The minimum atomic E-state index is -3.34. The van der Waals surface area contributed by atoms with Crippen molar-refractivity contribution in [2.24, 2.45) is 0 Å². The van der Waals surface area contributed by atoms with Crippen molar-refractivity contribution in [2.75, 3.05) is 0 Å². The van der Waals surface area contributed by atoms with Gasteiger partial charge in [-0.25, -0.2) is 8.78 Å². The van der Waals surface area contributed by atoms with E-state index in [1.807, 2.05) is 0 Å². The van der Waals surface area contributed by atoms with Crippen molar-refractivity contribution in [2.45, 2.75) is 24.9 Å². The number of alkyl halides is 2. The summed E-state index contributed by atoms with van der Waals surface area (Å²) in [5.41, 5.74) is -1.99. The maximum absolute atomic E-state index is 13.6. The molecule has 0 bridgehead atoms. The zero-order valence-electron chi connectivity index (χ0n) is 8.75. The van der Waals surface area contributed by atoms with E-state index in [1.54, 1.807) is 12.1 Å². The van der Waals surface area contributed by atoms with Crippen molar-refractivity contribution in [3.05, 3.63) is 47.5 Å². The normalized spacial score (nSPS) is 15.6. The van der Waals surface area contributed by atoms with Gasteiger partial charge in [-0.1, -0.05) is 30.3 Å². The Morgan fingerprint density at radius 1 is 1.50 bits per heavy atom. The van der Waals surface area contributed by atoms with Crippen LogP contribution in [-0.4, -0.2) is 16.6 Å². The second-order valence-electron chi connectivity index (χ2n) is 3.83. The van der Waals surface area contributed by atoms with Gasteiger partial charge in [-0.15, -0.1) is 0 Å². The highest BCUT2D eigenvalue weighted by atomic mass is 35.5. The smallest absolute Gasteiger partial charge is 0.283 e. The molecule has 0 spiro atoms. The van der Waals surface area contributed by atoms with Crippen LogP contribution in [0.25, 0.3) is 0 Å². The van der Waals surface area contributed by atoms with Crippen LogP contribution < -0.4 is 0 Å². The van der Waals surface area contributed by atoms with Crippen LogP contribution in [0.4, 0.5) is 8.78 Å². The predicted molar refractivity (Wildman–Crippen MR) is 59.6 cm³/mol. The zero-order chi connectivity index (χ0) is 12.4. The number of hydrogen-bond acceptors (Lipinski definition) is 1. The second kappa shape index (κ2) is 4.52. The Balaban J connectivity index is 2.92. The van der Waals surface area contributed by atoms with E-state index in [0.717, 1.165) is 6.92 Å². The lowest BCUT2D eigenvalue weighted by Crippen LogP contribution is -2.45. The van der Waals surface area contributed by atoms with E-state index in [1.165, 1.54) is 12.1 Å². The predicted octanol–water partition coefficient (Wildman–Crippen LogP) is 3.26. The van der Waals surface area contributed by atoms with Crippen molar-refractivity contribution in [3.63, 3.8) is 0 Å². The minimum Gasteiger partial charge on any atom is -0.380 e. The third kappa shape index (κ3) is 2.80. The summed E-state index contributed by atoms with van der Waals surface area (Å²) in [6.45, 7) is 5.96. The monoisotopic (exact) mass is 245 g/mol. The fourth-order valence-electron chi connectivity index (χ4n) is 1.20. The van der Waals surface area contributed by atoms with Gasteiger partial charge in [0, 0.05) is 11.4 Å². The van der Waals surface area contributed by atoms with Crippen molar-refractivity contribution >= 4 is 11.6 Å². The number of aliphatic hydroxyl groups is 1. The standard InChI is InChI=1S/C12H12ClF2O/c1-3-11(2,16)12(14,15)8-9-5-4-6-10(13)7-9/h1,3-7,16H,8H2,2H3. The highest BCUT2D eigenvalue weighted by Crippen LogP contribution is 2.33. The number of rotatable bonds is 4. The minimum absolute atomic E-state index is 0.347. The van der Waals surface area contributed by atoms with E-state index in [0.29, 0.717) is 16.7 Å². The largest absolute Gasteiger partial charge is 0.380 e. The molecule has 1 aromatic carbocycles. The maximum Gasteiger partial charge on any atom is 0.283 e. The Morgan fingerprint density at radius 2 is 2.12 bits per heavy atom. The summed E-state index contributed by atoms with van der Waals surface area (Å²) < 4.78 is 27.2. The van der Waals surface area contributed by atoms with Crippen LogP contribution in [0.1, 0.15) is 12.5 Å². The number of halogens is 3. The van der Waals surface area contributed by atoms with Crippen LogP contribution in [0.5, 0.6) is 0 Å². The molecule has 0 amide bonds. The molecule has 1 nitrogen and oxygen atoms in total. The summed E-state index contributed by atoms with van der Waals surface area (Å²) in [5, 5.41) is 9.80. The summed E-state index contributed by atoms with van der Waals surface area (Å²) in [4.78, 5) is 0. The van der Waals surface area contributed by atoms with E-state index in [-0.39, 0.29) is 0 Å². The second-order valence-corrected chi connectivity index (χ2v) is 4.26. The fourth-order valence-corrected chi connectivity index (χ4v) is 1.42. The molecular formula is C12H12ClF2O. The Kier molecular flexibility index (Phi) is 3.71. The molecule has 0 fully saturated rings. The van der Waals surface area contributed by atoms with Gasteiger partial charge in [0.05, 0.1) is 0 Å². The summed E-state index contributed by atoms with van der Waals surface area (Å²) in [5.74, 6) is -3.34. The Morgan fingerprint density at radius 3 is 2.62 bits per heavy atom. The molecule has 0 aliphatic carbocycles. The first-order valence-corrected chi connectivity index (χ1v) is 5.07. The molecule has 1 N–H and O–H groups in total. The average molecular weight is 246 g/mol. The molecular weight excluding hydrogens is 234 g/mol. The molecule has 0 saturated carbocycles. The highest BCUT2D eigenvalue weighted by molar-refractivity contribution is 6.30. The molecule has 0 aromatic heterocycles. The Labute approximate surface area is 98.4 Å². The third-order valence-electron chi connectivity index (χ3n) is 2.38. The van der Waals surface area contributed by atoms with Gasteiger partial charge >= 0.3 is 0 Å². The van der Waals surface area contributed by atoms with Gasteiger partial charge in [-0.2, -0.15) is 0 Å². The van der Waals surface area contributed by atoms with E-state index >= 15 is 0 Å². The molecule has 1 unspecified atom stereocenters. The molecule has 1 radical (unpaired) electrons. The van der Waals surface area contributed by atoms with E-state index < -0.39 is 17.9 Å². The van der Waals surface area contributed by atoms with Crippen LogP contribution in [0.3, 0.4) is 0 Å². The highest BCUT2D eigenvalue weighted by Gasteiger charge is 2.46. The molecule has 16 heavy (non-hydrogen) atoms. The SMILES string of the molecule is [CH]=CC(C)(O)C(F)(F)Cc1cccc(Cl)c1. The Hall–Kier alpha value is -0.930. The van der Waals surface area contributed by atoms with Crippen molar-refractivity contribution in [1.29, 1.82) is 0 Å². The van der Waals surface area contributed by atoms with Gasteiger partial charge in [0.25, 0.3) is 5.92 Å². The summed E-state index contributed by atoms with van der Waals surface area (Å²) in [7, 11) is 0. The van der Waals surface area contributed by atoms with Crippen molar-refractivity contribution in [1.82, 2.24) is 0 Å². The van der Waals surface area contributed by atoms with Gasteiger partial charge in [-0.05, 0) is 30.7 Å². The first-order chi connectivity index (χ1) is 7.28.